The van der Waals surface area contributed by atoms with Crippen LogP contribution in [0.5, 0.6) is 0 Å². The molecule has 0 spiro atoms. The van der Waals surface area contributed by atoms with E-state index in [0.717, 1.165) is 15.4 Å². The van der Waals surface area contributed by atoms with Crippen LogP contribution in [0.3, 0.4) is 0 Å². The maximum Gasteiger partial charge on any atom is 0.182 e. The van der Waals surface area contributed by atoms with Crippen LogP contribution < -0.4 is 0 Å². The van der Waals surface area contributed by atoms with Gasteiger partial charge in [-0.15, -0.1) is 11.3 Å². The Balaban J connectivity index is 2.00. The molecule has 2 heterocycles. The van der Waals surface area contributed by atoms with E-state index >= 15 is 0 Å². The molecule has 1 aromatic carbocycles. The summed E-state index contributed by atoms with van der Waals surface area (Å²) in [6.07, 6.45) is 6.05. The Morgan fingerprint density at radius 3 is 2.81 bits per heavy atom. The molecule has 77 valence electrons. The smallest absolute Gasteiger partial charge is 0.182 e. The number of benzene rings is 1. The van der Waals surface area contributed by atoms with Gasteiger partial charge in [-0.05, 0) is 5.56 Å². The van der Waals surface area contributed by atoms with Gasteiger partial charge < -0.3 is 4.42 Å². The zero-order valence-electron chi connectivity index (χ0n) is 8.25. The monoisotopic (exact) mass is 227 g/mol. The lowest BCUT2D eigenvalue weighted by molar-refractivity contribution is 0.571. The molecule has 0 aliphatic heterocycles. The first kappa shape index (κ1) is 9.30. The van der Waals surface area contributed by atoms with Crippen molar-refractivity contribution in [3.05, 3.63) is 49.1 Å². The molecule has 0 aliphatic carbocycles. The maximum atomic E-state index is 5.19. The molecule has 0 bridgehead atoms. The van der Waals surface area contributed by atoms with Gasteiger partial charge >= 0.3 is 0 Å². The molecule has 3 rings (SSSR count). The molecule has 0 fully saturated rings. The first-order chi connectivity index (χ1) is 7.93. The molecule has 16 heavy (non-hydrogen) atoms. The highest BCUT2D eigenvalue weighted by Gasteiger charge is 2.08. The van der Waals surface area contributed by atoms with Gasteiger partial charge in [0.05, 0.1) is 11.1 Å². The highest BCUT2D eigenvalue weighted by atomic mass is 32.1. The Morgan fingerprint density at radius 1 is 1.19 bits per heavy atom. The lowest BCUT2D eigenvalue weighted by Crippen LogP contribution is -1.68. The first-order valence-corrected chi connectivity index (χ1v) is 5.58. The topological polar surface area (TPSA) is 38.9 Å². The lowest BCUT2D eigenvalue weighted by Gasteiger charge is -1.92. The normalized spacial score (nSPS) is 10.5. The molecule has 0 N–H and O–H groups in total. The minimum absolute atomic E-state index is 0.684. The van der Waals surface area contributed by atoms with Gasteiger partial charge in [-0.25, -0.2) is 9.97 Å². The standard InChI is InChI=1S/C12H7N2OS/c1-2-4-9(5-3-1)11-7-14-12(16-11)10-6-13-8-15-10/h1-6,8H. The zero-order chi connectivity index (χ0) is 10.8. The predicted molar refractivity (Wildman–Crippen MR) is 61.9 cm³/mol. The second-order valence-corrected chi connectivity index (χ2v) is 4.19. The largest absolute Gasteiger partial charge is 0.441 e. The van der Waals surface area contributed by atoms with Crippen LogP contribution in [0.1, 0.15) is 0 Å². The fourth-order valence-electron chi connectivity index (χ4n) is 1.38. The van der Waals surface area contributed by atoms with Gasteiger partial charge in [0.1, 0.15) is 6.20 Å². The summed E-state index contributed by atoms with van der Waals surface area (Å²) in [6.45, 7) is 0. The Hall–Kier alpha value is -1.94. The van der Waals surface area contributed by atoms with Gasteiger partial charge in [0.15, 0.2) is 17.2 Å². The Morgan fingerprint density at radius 2 is 2.06 bits per heavy atom. The van der Waals surface area contributed by atoms with E-state index < -0.39 is 0 Å². The Bertz CT molecular complexity index is 572. The summed E-state index contributed by atoms with van der Waals surface area (Å²) in [5.41, 5.74) is 1.12. The number of thiazole rings is 1. The minimum atomic E-state index is 0.684. The van der Waals surface area contributed by atoms with E-state index in [9.17, 15) is 0 Å². The fraction of sp³-hybridized carbons (Fsp3) is 0. The Labute approximate surface area is 96.4 Å². The third kappa shape index (κ3) is 1.63. The van der Waals surface area contributed by atoms with Gasteiger partial charge in [-0.2, -0.15) is 0 Å². The molecule has 3 nitrogen and oxygen atoms in total. The SMILES string of the molecule is [c]1nc(-c2cnco2)sc1-c1ccccc1. The molecule has 3 aromatic rings. The first-order valence-electron chi connectivity index (χ1n) is 4.76. The van der Waals surface area contributed by atoms with Crippen LogP contribution in [-0.2, 0) is 0 Å². The number of nitrogens with zero attached hydrogens (tertiary/aromatic N) is 2. The average Bonchev–Trinajstić information content (AvgIpc) is 3.01. The van der Waals surface area contributed by atoms with Crippen LogP contribution in [0.25, 0.3) is 21.2 Å². The van der Waals surface area contributed by atoms with Gasteiger partial charge in [-0.1, -0.05) is 30.3 Å². The molecule has 0 aliphatic rings. The number of aromatic nitrogens is 2. The highest BCUT2D eigenvalue weighted by molar-refractivity contribution is 7.18. The summed E-state index contributed by atoms with van der Waals surface area (Å²) in [7, 11) is 0. The minimum Gasteiger partial charge on any atom is -0.441 e. The molecule has 1 radical (unpaired) electrons. The molecular formula is C12H7N2OS. The molecule has 0 saturated heterocycles. The summed E-state index contributed by atoms with van der Waals surface area (Å²) in [5, 5.41) is 0.802. The second-order valence-electron chi connectivity index (χ2n) is 3.19. The molecule has 2 aromatic heterocycles. The molecule has 4 heteroatoms. The summed E-state index contributed by atoms with van der Waals surface area (Å²) < 4.78 is 5.19. The van der Waals surface area contributed by atoms with Gasteiger partial charge in [0, 0.05) is 0 Å². The van der Waals surface area contributed by atoms with E-state index in [4.69, 9.17) is 4.42 Å². The van der Waals surface area contributed by atoms with E-state index in [1.54, 1.807) is 17.5 Å². The third-order valence-electron chi connectivity index (χ3n) is 2.14. The summed E-state index contributed by atoms with van der Waals surface area (Å²) >= 11 is 1.54. The number of hydrogen-bond donors (Lipinski definition) is 0. The van der Waals surface area contributed by atoms with Crippen molar-refractivity contribution < 1.29 is 4.42 Å². The molecule has 0 saturated carbocycles. The molecule has 0 atom stereocenters. The zero-order valence-corrected chi connectivity index (χ0v) is 9.07. The summed E-state index contributed by atoms with van der Waals surface area (Å²) in [6, 6.07) is 10.1. The van der Waals surface area contributed by atoms with E-state index in [1.165, 1.54) is 6.39 Å². The predicted octanol–water partition coefficient (Wildman–Crippen LogP) is 3.27. The molecule has 0 amide bonds. The highest BCUT2D eigenvalue weighted by Crippen LogP contribution is 2.30. The van der Waals surface area contributed by atoms with Crippen molar-refractivity contribution in [1.29, 1.82) is 0 Å². The summed E-state index contributed by atoms with van der Waals surface area (Å²) in [4.78, 5) is 9.07. The van der Waals surface area contributed by atoms with E-state index in [-0.39, 0.29) is 0 Å². The average molecular weight is 227 g/mol. The maximum absolute atomic E-state index is 5.19. The van der Waals surface area contributed by atoms with Crippen LogP contribution in [0, 0.1) is 6.20 Å². The van der Waals surface area contributed by atoms with Gasteiger partial charge in [-0.3, -0.25) is 0 Å². The van der Waals surface area contributed by atoms with Crippen LogP contribution in [-0.4, -0.2) is 9.97 Å². The second kappa shape index (κ2) is 3.90. The van der Waals surface area contributed by atoms with Crippen LogP contribution in [0.15, 0.2) is 47.3 Å². The number of oxazole rings is 1. The van der Waals surface area contributed by atoms with E-state index in [0.29, 0.717) is 5.76 Å². The van der Waals surface area contributed by atoms with Crippen LogP contribution in [0.4, 0.5) is 0 Å². The Kier molecular flexibility index (Phi) is 2.27. The van der Waals surface area contributed by atoms with E-state index in [1.807, 2.05) is 30.3 Å². The van der Waals surface area contributed by atoms with Crippen molar-refractivity contribution in [2.75, 3.05) is 0 Å². The molecule has 0 unspecified atom stereocenters. The number of hydrogen-bond acceptors (Lipinski definition) is 4. The molecular weight excluding hydrogens is 220 g/mol. The third-order valence-corrected chi connectivity index (χ3v) is 3.15. The van der Waals surface area contributed by atoms with Crippen molar-refractivity contribution in [2.24, 2.45) is 0 Å². The quantitative estimate of drug-likeness (QED) is 0.674. The van der Waals surface area contributed by atoms with Gasteiger partial charge in [0.25, 0.3) is 0 Å². The van der Waals surface area contributed by atoms with Crippen LogP contribution in [0.2, 0.25) is 0 Å². The van der Waals surface area contributed by atoms with Crippen molar-refractivity contribution >= 4 is 11.3 Å². The van der Waals surface area contributed by atoms with E-state index in [2.05, 4.69) is 16.2 Å². The van der Waals surface area contributed by atoms with Crippen molar-refractivity contribution in [2.45, 2.75) is 0 Å². The van der Waals surface area contributed by atoms with Crippen molar-refractivity contribution in [3.63, 3.8) is 0 Å². The number of rotatable bonds is 2. The van der Waals surface area contributed by atoms with Crippen molar-refractivity contribution in [3.8, 4) is 21.2 Å². The fourth-order valence-corrected chi connectivity index (χ4v) is 2.21. The lowest BCUT2D eigenvalue weighted by atomic mass is 10.2. The van der Waals surface area contributed by atoms with Crippen molar-refractivity contribution in [1.82, 2.24) is 9.97 Å². The van der Waals surface area contributed by atoms with Gasteiger partial charge in [0.2, 0.25) is 0 Å². The van der Waals surface area contributed by atoms with Crippen LogP contribution >= 0.6 is 11.3 Å². The summed E-state index contributed by atoms with van der Waals surface area (Å²) in [5.74, 6) is 0.684.